The Hall–Kier alpha value is -1.64. The van der Waals surface area contributed by atoms with E-state index in [-0.39, 0.29) is 0 Å². The van der Waals surface area contributed by atoms with Gasteiger partial charge in [-0.2, -0.15) is 0 Å². The first-order valence-electron chi connectivity index (χ1n) is 4.01. The number of carboxylic acids is 1. The van der Waals surface area contributed by atoms with Gasteiger partial charge in [-0.3, -0.25) is 4.99 Å². The molecule has 1 rings (SSSR count). The van der Waals surface area contributed by atoms with Crippen molar-refractivity contribution in [3.8, 4) is 0 Å². The highest BCUT2D eigenvalue weighted by Gasteiger charge is 2.05. The first-order valence-corrected chi connectivity index (χ1v) is 4.01. The van der Waals surface area contributed by atoms with Gasteiger partial charge in [-0.25, -0.2) is 4.79 Å². The molecular formula is C10H11NO2. The lowest BCUT2D eigenvalue weighted by molar-refractivity contribution is -0.137. The first-order chi connectivity index (χ1) is 6.20. The van der Waals surface area contributed by atoms with Crippen molar-refractivity contribution in [3.63, 3.8) is 0 Å². The van der Waals surface area contributed by atoms with Gasteiger partial charge in [0.1, 0.15) is 6.04 Å². The van der Waals surface area contributed by atoms with E-state index in [1.807, 2.05) is 30.3 Å². The van der Waals surface area contributed by atoms with E-state index < -0.39 is 12.0 Å². The standard InChI is InChI=1S/C10H11NO2/c1-8(10(12)13)11-7-9-5-3-2-4-6-9/h2-8H,1H3,(H,12,13)/b11-7+. The summed E-state index contributed by atoms with van der Waals surface area (Å²) in [5.41, 5.74) is 0.913. The summed E-state index contributed by atoms with van der Waals surface area (Å²) in [7, 11) is 0. The molecular weight excluding hydrogens is 166 g/mol. The van der Waals surface area contributed by atoms with Gasteiger partial charge in [0.05, 0.1) is 0 Å². The fraction of sp³-hybridized carbons (Fsp3) is 0.200. The zero-order valence-corrected chi connectivity index (χ0v) is 7.34. The lowest BCUT2D eigenvalue weighted by Crippen LogP contribution is -2.12. The average Bonchev–Trinajstić information content (AvgIpc) is 2.15. The molecule has 1 aromatic rings. The maximum absolute atomic E-state index is 10.4. The van der Waals surface area contributed by atoms with E-state index in [0.29, 0.717) is 0 Å². The topological polar surface area (TPSA) is 49.7 Å². The SMILES string of the molecule is CC(/N=C/c1ccccc1)C(=O)O. The number of benzene rings is 1. The Labute approximate surface area is 76.7 Å². The second-order valence-corrected chi connectivity index (χ2v) is 2.70. The largest absolute Gasteiger partial charge is 0.480 e. The van der Waals surface area contributed by atoms with Gasteiger partial charge in [0, 0.05) is 6.21 Å². The molecule has 13 heavy (non-hydrogen) atoms. The van der Waals surface area contributed by atoms with Crippen molar-refractivity contribution in [3.05, 3.63) is 35.9 Å². The average molecular weight is 177 g/mol. The number of nitrogens with zero attached hydrogens (tertiary/aromatic N) is 1. The highest BCUT2D eigenvalue weighted by Crippen LogP contribution is 1.96. The zero-order valence-electron chi connectivity index (χ0n) is 7.34. The summed E-state index contributed by atoms with van der Waals surface area (Å²) in [5, 5.41) is 8.55. The van der Waals surface area contributed by atoms with Gasteiger partial charge >= 0.3 is 5.97 Å². The van der Waals surface area contributed by atoms with E-state index >= 15 is 0 Å². The summed E-state index contributed by atoms with van der Waals surface area (Å²) in [6.45, 7) is 1.54. The number of carboxylic acid groups (broad SMARTS) is 1. The zero-order chi connectivity index (χ0) is 9.68. The molecule has 1 aromatic carbocycles. The molecule has 1 unspecified atom stereocenters. The summed E-state index contributed by atoms with van der Waals surface area (Å²) < 4.78 is 0. The molecule has 68 valence electrons. The van der Waals surface area contributed by atoms with Crippen LogP contribution in [0.25, 0.3) is 0 Å². The third kappa shape index (κ3) is 3.07. The predicted molar refractivity (Wildman–Crippen MR) is 51.1 cm³/mol. The fourth-order valence-corrected chi connectivity index (χ4v) is 0.801. The summed E-state index contributed by atoms with van der Waals surface area (Å²) in [6.07, 6.45) is 1.57. The van der Waals surface area contributed by atoms with Gasteiger partial charge in [0.2, 0.25) is 0 Å². The molecule has 0 aromatic heterocycles. The van der Waals surface area contributed by atoms with E-state index in [9.17, 15) is 4.79 Å². The van der Waals surface area contributed by atoms with Gasteiger partial charge in [0.25, 0.3) is 0 Å². The lowest BCUT2D eigenvalue weighted by atomic mass is 10.2. The van der Waals surface area contributed by atoms with Crippen molar-refractivity contribution in [2.45, 2.75) is 13.0 Å². The Kier molecular flexibility index (Phi) is 3.20. The van der Waals surface area contributed by atoms with Gasteiger partial charge in [-0.15, -0.1) is 0 Å². The van der Waals surface area contributed by atoms with Crippen LogP contribution in [0.5, 0.6) is 0 Å². The minimum Gasteiger partial charge on any atom is -0.480 e. The molecule has 0 saturated carbocycles. The quantitative estimate of drug-likeness (QED) is 0.712. The second-order valence-electron chi connectivity index (χ2n) is 2.70. The number of rotatable bonds is 3. The van der Waals surface area contributed by atoms with E-state index in [4.69, 9.17) is 5.11 Å². The predicted octanol–water partition coefficient (Wildman–Crippen LogP) is 1.58. The Morgan fingerprint density at radius 1 is 1.46 bits per heavy atom. The Balaban J connectivity index is 2.64. The molecule has 3 heteroatoms. The van der Waals surface area contributed by atoms with Crippen LogP contribution in [0.15, 0.2) is 35.3 Å². The maximum Gasteiger partial charge on any atom is 0.328 e. The minimum absolute atomic E-state index is 0.680. The van der Waals surface area contributed by atoms with Crippen LogP contribution in [0.4, 0.5) is 0 Å². The molecule has 3 nitrogen and oxygen atoms in total. The summed E-state index contributed by atoms with van der Waals surface area (Å²) in [4.78, 5) is 14.3. The van der Waals surface area contributed by atoms with Crippen LogP contribution < -0.4 is 0 Å². The summed E-state index contributed by atoms with van der Waals surface area (Å²) >= 11 is 0. The van der Waals surface area contributed by atoms with E-state index in [2.05, 4.69) is 4.99 Å². The monoisotopic (exact) mass is 177 g/mol. The number of carbonyl (C=O) groups is 1. The molecule has 0 fully saturated rings. The van der Waals surface area contributed by atoms with Crippen molar-refractivity contribution in [1.82, 2.24) is 0 Å². The van der Waals surface area contributed by atoms with Crippen LogP contribution in [0.1, 0.15) is 12.5 Å². The van der Waals surface area contributed by atoms with E-state index in [0.717, 1.165) is 5.56 Å². The molecule has 0 radical (unpaired) electrons. The molecule has 0 aliphatic carbocycles. The number of hydrogen-bond donors (Lipinski definition) is 1. The highest BCUT2D eigenvalue weighted by molar-refractivity contribution is 5.83. The molecule has 0 aliphatic rings. The summed E-state index contributed by atoms with van der Waals surface area (Å²) in [5.74, 6) is -0.910. The first kappa shape index (κ1) is 9.45. The van der Waals surface area contributed by atoms with Crippen LogP contribution in [0, 0.1) is 0 Å². The maximum atomic E-state index is 10.4. The van der Waals surface area contributed by atoms with E-state index in [1.54, 1.807) is 13.1 Å². The normalized spacial score (nSPS) is 13.0. The number of aliphatic imine (C=N–C) groups is 1. The third-order valence-corrected chi connectivity index (χ3v) is 1.60. The van der Waals surface area contributed by atoms with Crippen molar-refractivity contribution in [1.29, 1.82) is 0 Å². The second kappa shape index (κ2) is 4.40. The smallest absolute Gasteiger partial charge is 0.328 e. The molecule has 1 atom stereocenters. The van der Waals surface area contributed by atoms with Crippen molar-refractivity contribution < 1.29 is 9.90 Å². The third-order valence-electron chi connectivity index (χ3n) is 1.60. The molecule has 0 spiro atoms. The minimum atomic E-state index is -0.910. The van der Waals surface area contributed by atoms with Crippen LogP contribution in [0.2, 0.25) is 0 Å². The van der Waals surface area contributed by atoms with Crippen LogP contribution in [-0.4, -0.2) is 23.3 Å². The van der Waals surface area contributed by atoms with Crippen LogP contribution in [0.3, 0.4) is 0 Å². The van der Waals surface area contributed by atoms with Gasteiger partial charge in [0.15, 0.2) is 0 Å². The summed E-state index contributed by atoms with van der Waals surface area (Å²) in [6, 6.07) is 8.73. The Bertz CT molecular complexity index is 306. The molecule has 0 amide bonds. The Morgan fingerprint density at radius 3 is 2.62 bits per heavy atom. The number of hydrogen-bond acceptors (Lipinski definition) is 2. The van der Waals surface area contributed by atoms with E-state index in [1.165, 1.54) is 0 Å². The highest BCUT2D eigenvalue weighted by atomic mass is 16.4. The molecule has 0 aliphatic heterocycles. The molecule has 1 N–H and O–H groups in total. The van der Waals surface area contributed by atoms with Gasteiger partial charge < -0.3 is 5.11 Å². The van der Waals surface area contributed by atoms with Crippen molar-refractivity contribution in [2.75, 3.05) is 0 Å². The van der Waals surface area contributed by atoms with Crippen molar-refractivity contribution in [2.24, 2.45) is 4.99 Å². The van der Waals surface area contributed by atoms with Crippen LogP contribution in [-0.2, 0) is 4.79 Å². The molecule has 0 saturated heterocycles. The molecule has 0 heterocycles. The molecule has 0 bridgehead atoms. The Morgan fingerprint density at radius 2 is 2.08 bits per heavy atom. The van der Waals surface area contributed by atoms with Gasteiger partial charge in [-0.1, -0.05) is 30.3 Å². The van der Waals surface area contributed by atoms with Crippen LogP contribution >= 0.6 is 0 Å². The van der Waals surface area contributed by atoms with Gasteiger partial charge in [-0.05, 0) is 12.5 Å². The lowest BCUT2D eigenvalue weighted by Gasteiger charge is -1.97. The number of aliphatic carboxylic acids is 1. The van der Waals surface area contributed by atoms with Crippen molar-refractivity contribution >= 4 is 12.2 Å². The fourth-order valence-electron chi connectivity index (χ4n) is 0.801.